The predicted octanol–water partition coefficient (Wildman–Crippen LogP) is 6.42. The number of nitrogens with one attached hydrogen (secondary N) is 2. The van der Waals surface area contributed by atoms with Crippen molar-refractivity contribution in [2.75, 3.05) is 21.5 Å². The van der Waals surface area contributed by atoms with Crippen molar-refractivity contribution in [3.63, 3.8) is 0 Å². The summed E-state index contributed by atoms with van der Waals surface area (Å²) in [7, 11) is -3.72. The van der Waals surface area contributed by atoms with E-state index in [-0.39, 0.29) is 16.9 Å². The van der Waals surface area contributed by atoms with E-state index in [9.17, 15) is 8.42 Å². The van der Waals surface area contributed by atoms with E-state index in [1.54, 1.807) is 6.07 Å². The van der Waals surface area contributed by atoms with Gasteiger partial charge >= 0.3 is 0 Å². The van der Waals surface area contributed by atoms with Crippen molar-refractivity contribution in [2.24, 2.45) is 5.92 Å². The second-order valence-electron chi connectivity index (χ2n) is 9.95. The third-order valence-electron chi connectivity index (χ3n) is 7.49. The number of thioether (sulfide) groups is 1. The molecule has 3 atom stereocenters. The number of aryl methyl sites for hydroxylation is 2. The average molecular weight is 519 g/mol. The van der Waals surface area contributed by atoms with Gasteiger partial charge in [0.05, 0.1) is 16.6 Å². The number of sulfonamides is 1. The molecule has 0 amide bonds. The summed E-state index contributed by atoms with van der Waals surface area (Å²) in [6, 6.07) is 19.8. The highest BCUT2D eigenvalue weighted by atomic mass is 32.2. The maximum Gasteiger partial charge on any atom is 0.261 e. The highest BCUT2D eigenvalue weighted by molar-refractivity contribution is 8.00. The molecule has 0 radical (unpaired) electrons. The average Bonchev–Trinajstić information content (AvgIpc) is 3.34. The first-order valence-electron chi connectivity index (χ1n) is 12.4. The number of hydrogen-bond donors (Lipinski definition) is 2. The van der Waals surface area contributed by atoms with Gasteiger partial charge in [-0.2, -0.15) is 11.8 Å². The van der Waals surface area contributed by atoms with Crippen LogP contribution in [-0.2, 0) is 10.0 Å². The lowest BCUT2D eigenvalue weighted by Gasteiger charge is -2.38. The molecule has 186 valence electrons. The van der Waals surface area contributed by atoms with E-state index in [1.165, 1.54) is 5.56 Å². The van der Waals surface area contributed by atoms with Crippen LogP contribution in [0.1, 0.15) is 40.6 Å². The summed E-state index contributed by atoms with van der Waals surface area (Å²) in [6.07, 6.45) is 5.72. The van der Waals surface area contributed by atoms with Crippen molar-refractivity contribution in [1.29, 1.82) is 0 Å². The van der Waals surface area contributed by atoms with Crippen LogP contribution >= 0.6 is 11.8 Å². The second-order valence-corrected chi connectivity index (χ2v) is 12.7. The largest absolute Gasteiger partial charge is 0.489 e. The molecule has 3 aromatic carbocycles. The quantitative estimate of drug-likeness (QED) is 0.368. The van der Waals surface area contributed by atoms with Crippen LogP contribution in [0.15, 0.2) is 77.7 Å². The van der Waals surface area contributed by atoms with Crippen LogP contribution in [-0.4, -0.2) is 26.0 Å². The normalized spacial score (nSPS) is 22.8. The number of rotatable bonds is 6. The molecular formula is C29H30N2O3S2. The van der Waals surface area contributed by atoms with E-state index in [4.69, 9.17) is 4.74 Å². The molecule has 5 nitrogen and oxygen atoms in total. The van der Waals surface area contributed by atoms with Gasteiger partial charge < -0.3 is 10.1 Å². The van der Waals surface area contributed by atoms with E-state index in [1.807, 2.05) is 62.0 Å². The molecule has 0 bridgehead atoms. The minimum absolute atomic E-state index is 0.131. The van der Waals surface area contributed by atoms with Gasteiger partial charge in [0, 0.05) is 23.1 Å². The molecule has 3 aromatic rings. The third kappa shape index (κ3) is 4.28. The van der Waals surface area contributed by atoms with E-state index in [2.05, 4.69) is 40.4 Å². The maximum atomic E-state index is 13.4. The second kappa shape index (κ2) is 9.20. The molecule has 7 heteroatoms. The van der Waals surface area contributed by atoms with Gasteiger partial charge in [0.2, 0.25) is 0 Å². The van der Waals surface area contributed by atoms with Crippen molar-refractivity contribution in [2.45, 2.75) is 43.2 Å². The Bertz CT molecular complexity index is 1430. The number of benzene rings is 3. The Balaban J connectivity index is 1.30. The first-order chi connectivity index (χ1) is 17.4. The molecule has 0 unspecified atom stereocenters. The smallest absolute Gasteiger partial charge is 0.261 e. The summed E-state index contributed by atoms with van der Waals surface area (Å²) in [4.78, 5) is 0.289. The number of para-hydroxylation sites is 1. The lowest BCUT2D eigenvalue weighted by molar-refractivity contribution is 0.240. The lowest BCUT2D eigenvalue weighted by atomic mass is 9.77. The number of anilines is 2. The monoisotopic (exact) mass is 518 g/mol. The Morgan fingerprint density at radius 3 is 2.53 bits per heavy atom. The Labute approximate surface area is 217 Å². The fourth-order valence-corrected chi connectivity index (χ4v) is 7.30. The van der Waals surface area contributed by atoms with Crippen LogP contribution in [0.4, 0.5) is 11.4 Å². The van der Waals surface area contributed by atoms with E-state index >= 15 is 0 Å². The third-order valence-corrected chi connectivity index (χ3v) is 10.1. The molecule has 0 aromatic heterocycles. The summed E-state index contributed by atoms with van der Waals surface area (Å²) >= 11 is 1.91. The van der Waals surface area contributed by atoms with Crippen LogP contribution in [0.2, 0.25) is 0 Å². The standard InChI is InChI=1S/C29H30N2O3S2/c1-18-6-3-7-19(2)28(18)31-36(32,33)23-12-13-27-26(15-23)24-10-5-11-25(24)29(30-27)20-8-4-9-21(14-20)34-22-16-35-17-22/h3-10,12-15,22,24-25,29-31H,11,16-17H2,1-2H3/t24-,25+,29-/m1/s1. The van der Waals surface area contributed by atoms with Gasteiger partial charge in [-0.1, -0.05) is 42.5 Å². The highest BCUT2D eigenvalue weighted by Gasteiger charge is 2.38. The van der Waals surface area contributed by atoms with Gasteiger partial charge in [-0.25, -0.2) is 8.42 Å². The molecule has 0 spiro atoms. The van der Waals surface area contributed by atoms with Crippen molar-refractivity contribution >= 4 is 33.2 Å². The number of ether oxygens (including phenoxy) is 1. The summed E-state index contributed by atoms with van der Waals surface area (Å²) < 4.78 is 35.7. The van der Waals surface area contributed by atoms with Crippen LogP contribution in [0, 0.1) is 19.8 Å². The van der Waals surface area contributed by atoms with Gasteiger partial charge in [-0.15, -0.1) is 0 Å². The number of hydrogen-bond acceptors (Lipinski definition) is 5. The number of allylic oxidation sites excluding steroid dienone is 2. The zero-order valence-corrected chi connectivity index (χ0v) is 22.0. The molecular weight excluding hydrogens is 488 g/mol. The minimum Gasteiger partial charge on any atom is -0.489 e. The van der Waals surface area contributed by atoms with Crippen LogP contribution in [0.3, 0.4) is 0 Å². The lowest BCUT2D eigenvalue weighted by Crippen LogP contribution is -2.31. The molecule has 0 saturated carbocycles. The zero-order valence-electron chi connectivity index (χ0n) is 20.4. The van der Waals surface area contributed by atoms with Crippen molar-refractivity contribution in [3.8, 4) is 5.75 Å². The van der Waals surface area contributed by atoms with E-state index < -0.39 is 10.0 Å². The molecule has 6 rings (SSSR count). The Morgan fingerprint density at radius 1 is 1.00 bits per heavy atom. The SMILES string of the molecule is Cc1cccc(C)c1NS(=O)(=O)c1ccc2c(c1)[C@@H]1C=CC[C@@H]1[C@@H](c1cccc(OC3CSC3)c1)N2. The first kappa shape index (κ1) is 23.5. The molecule has 2 N–H and O–H groups in total. The molecule has 2 aliphatic heterocycles. The van der Waals surface area contributed by atoms with Gasteiger partial charge in [0.15, 0.2) is 0 Å². The number of fused-ring (bicyclic) bond motifs is 3. The van der Waals surface area contributed by atoms with Gasteiger partial charge in [-0.3, -0.25) is 4.72 Å². The highest BCUT2D eigenvalue weighted by Crippen LogP contribution is 2.50. The van der Waals surface area contributed by atoms with Crippen molar-refractivity contribution in [1.82, 2.24) is 0 Å². The minimum atomic E-state index is -3.72. The summed E-state index contributed by atoms with van der Waals surface area (Å²) in [5.41, 5.74) is 5.69. The van der Waals surface area contributed by atoms with E-state index in [0.29, 0.717) is 17.7 Å². The fraction of sp³-hybridized carbons (Fsp3) is 0.310. The van der Waals surface area contributed by atoms with Gasteiger partial charge in [-0.05, 0) is 78.8 Å². The molecule has 3 aliphatic rings. The predicted molar refractivity (Wildman–Crippen MR) is 148 cm³/mol. The summed E-state index contributed by atoms with van der Waals surface area (Å²) in [5, 5.41) is 3.72. The van der Waals surface area contributed by atoms with Crippen LogP contribution in [0.5, 0.6) is 5.75 Å². The van der Waals surface area contributed by atoms with Gasteiger partial charge in [0.25, 0.3) is 10.0 Å². The molecule has 1 aliphatic carbocycles. The van der Waals surface area contributed by atoms with Crippen molar-refractivity contribution < 1.29 is 13.2 Å². The Kier molecular flexibility index (Phi) is 6.00. The topological polar surface area (TPSA) is 67.4 Å². The Morgan fingerprint density at radius 2 is 1.78 bits per heavy atom. The van der Waals surface area contributed by atoms with Gasteiger partial charge in [0.1, 0.15) is 11.9 Å². The fourth-order valence-electron chi connectivity index (χ4n) is 5.49. The van der Waals surface area contributed by atoms with E-state index in [0.717, 1.165) is 46.1 Å². The zero-order chi connectivity index (χ0) is 24.9. The molecule has 1 fully saturated rings. The summed E-state index contributed by atoms with van der Waals surface area (Å²) in [6.45, 7) is 3.84. The first-order valence-corrected chi connectivity index (χ1v) is 15.0. The molecule has 36 heavy (non-hydrogen) atoms. The van der Waals surface area contributed by atoms with Crippen LogP contribution in [0.25, 0.3) is 0 Å². The Hall–Kier alpha value is -2.90. The molecule has 2 heterocycles. The van der Waals surface area contributed by atoms with Crippen LogP contribution < -0.4 is 14.8 Å². The maximum absolute atomic E-state index is 13.4. The van der Waals surface area contributed by atoms with Crippen molar-refractivity contribution in [3.05, 3.63) is 95.1 Å². The molecule has 1 saturated heterocycles. The summed E-state index contributed by atoms with van der Waals surface area (Å²) in [5.74, 6) is 3.51.